The van der Waals surface area contributed by atoms with Gasteiger partial charge in [-0.05, 0) is 47.5 Å². The first-order chi connectivity index (χ1) is 14.1. The zero-order valence-electron chi connectivity index (χ0n) is 14.9. The van der Waals surface area contributed by atoms with Crippen LogP contribution in [0.4, 0.5) is 18.3 Å². The number of hydrogen-bond acceptors (Lipinski definition) is 3. The first-order valence-electron chi connectivity index (χ1n) is 8.36. The van der Waals surface area contributed by atoms with Crippen molar-refractivity contribution < 1.29 is 18.0 Å². The highest BCUT2D eigenvalue weighted by Crippen LogP contribution is 2.32. The van der Waals surface area contributed by atoms with Gasteiger partial charge in [0.1, 0.15) is 0 Å². The van der Waals surface area contributed by atoms with Crippen LogP contribution in [0, 0.1) is 0 Å². The van der Waals surface area contributed by atoms with E-state index in [0.717, 1.165) is 34.7 Å². The molecule has 2 aromatic carbocycles. The molecule has 0 bridgehead atoms. The van der Waals surface area contributed by atoms with Crippen molar-refractivity contribution in [1.82, 2.24) is 4.98 Å². The zero-order chi connectivity index (χ0) is 21.9. The number of anilines is 1. The van der Waals surface area contributed by atoms with Gasteiger partial charge in [0.25, 0.3) is 0 Å². The minimum absolute atomic E-state index is 0.0823. The van der Waals surface area contributed by atoms with E-state index < -0.39 is 17.6 Å². The number of nitrogens with zero attached hydrogens (tertiary/aromatic N) is 1. The molecule has 3 aromatic rings. The first kappa shape index (κ1) is 22.6. The van der Waals surface area contributed by atoms with Gasteiger partial charge in [-0.15, -0.1) is 11.3 Å². The third-order valence-corrected chi connectivity index (χ3v) is 5.74. The van der Waals surface area contributed by atoms with Crippen LogP contribution in [-0.4, -0.2) is 10.9 Å². The summed E-state index contributed by atoms with van der Waals surface area (Å²) < 4.78 is 38.5. The largest absolute Gasteiger partial charge is 0.416 e. The molecule has 0 radical (unpaired) electrons. The van der Waals surface area contributed by atoms with Crippen LogP contribution in [0.2, 0.25) is 15.1 Å². The standard InChI is InChI=1S/C20H12Cl3F3N2OS/c21-14-4-1-12(17(23)9-14)8-15-10-27-19(30-15)28-18(29)6-2-11-7-13(20(24,25)26)3-5-16(11)22/h1-7,9-10H,8H2,(H,27,28,29)/b6-2+. The third kappa shape index (κ3) is 5.98. The molecule has 0 spiro atoms. The molecule has 156 valence electrons. The van der Waals surface area contributed by atoms with Crippen LogP contribution in [0.1, 0.15) is 21.6 Å². The number of benzene rings is 2. The van der Waals surface area contributed by atoms with Gasteiger partial charge >= 0.3 is 6.18 Å². The molecule has 0 aliphatic heterocycles. The van der Waals surface area contributed by atoms with Gasteiger partial charge in [-0.1, -0.05) is 40.9 Å². The van der Waals surface area contributed by atoms with Crippen molar-refractivity contribution in [2.24, 2.45) is 0 Å². The van der Waals surface area contributed by atoms with Gasteiger partial charge in [0.05, 0.1) is 5.56 Å². The van der Waals surface area contributed by atoms with Crippen LogP contribution in [0.25, 0.3) is 6.08 Å². The van der Waals surface area contributed by atoms with Crippen molar-refractivity contribution in [3.63, 3.8) is 0 Å². The normalized spacial score (nSPS) is 11.8. The molecule has 1 N–H and O–H groups in total. The number of carbonyl (C=O) groups is 1. The van der Waals surface area contributed by atoms with Gasteiger partial charge in [-0.25, -0.2) is 4.98 Å². The van der Waals surface area contributed by atoms with Gasteiger partial charge in [0.15, 0.2) is 5.13 Å². The molecule has 10 heteroatoms. The van der Waals surface area contributed by atoms with Crippen molar-refractivity contribution in [3.8, 4) is 0 Å². The monoisotopic (exact) mass is 490 g/mol. The minimum atomic E-state index is -4.50. The molecule has 0 saturated heterocycles. The lowest BCUT2D eigenvalue weighted by Gasteiger charge is -2.08. The second-order valence-corrected chi connectivity index (χ2v) is 8.47. The summed E-state index contributed by atoms with van der Waals surface area (Å²) in [7, 11) is 0. The SMILES string of the molecule is O=C(/C=C/c1cc(C(F)(F)F)ccc1Cl)Nc1ncc(Cc2ccc(Cl)cc2Cl)s1. The molecule has 0 aliphatic rings. The zero-order valence-corrected chi connectivity index (χ0v) is 18.0. The smallest absolute Gasteiger partial charge is 0.298 e. The Labute approximate surface area is 189 Å². The number of rotatable bonds is 5. The van der Waals surface area contributed by atoms with Crippen LogP contribution in [-0.2, 0) is 17.4 Å². The van der Waals surface area contributed by atoms with Gasteiger partial charge < -0.3 is 0 Å². The first-order valence-corrected chi connectivity index (χ1v) is 10.3. The molecule has 0 unspecified atom stereocenters. The highest BCUT2D eigenvalue weighted by Gasteiger charge is 2.30. The fraction of sp³-hybridized carbons (Fsp3) is 0.100. The Morgan fingerprint density at radius 2 is 1.87 bits per heavy atom. The van der Waals surface area contributed by atoms with E-state index in [0.29, 0.717) is 21.6 Å². The second kappa shape index (κ2) is 9.39. The summed E-state index contributed by atoms with van der Waals surface area (Å²) >= 11 is 19.2. The molecule has 0 fully saturated rings. The third-order valence-electron chi connectivity index (χ3n) is 3.90. The molecule has 0 atom stereocenters. The molecule has 3 nitrogen and oxygen atoms in total. The Balaban J connectivity index is 1.66. The van der Waals surface area contributed by atoms with E-state index >= 15 is 0 Å². The predicted octanol–water partition coefficient (Wildman–Crippen LogP) is 7.36. The molecule has 30 heavy (non-hydrogen) atoms. The molecule has 1 aromatic heterocycles. The Kier molecular flexibility index (Phi) is 7.08. The molecule has 0 aliphatic carbocycles. The minimum Gasteiger partial charge on any atom is -0.298 e. The summed E-state index contributed by atoms with van der Waals surface area (Å²) in [5.41, 5.74) is 0.0953. The number of carbonyl (C=O) groups excluding carboxylic acids is 1. The topological polar surface area (TPSA) is 42.0 Å². The number of halogens is 6. The second-order valence-electron chi connectivity index (χ2n) is 6.10. The lowest BCUT2D eigenvalue weighted by atomic mass is 10.1. The predicted molar refractivity (Wildman–Crippen MR) is 115 cm³/mol. The van der Waals surface area contributed by atoms with Gasteiger partial charge in [0, 0.05) is 38.6 Å². The summed E-state index contributed by atoms with van der Waals surface area (Å²) in [5.74, 6) is -0.547. The van der Waals surface area contributed by atoms with E-state index in [-0.39, 0.29) is 10.6 Å². The number of thiazole rings is 1. The van der Waals surface area contributed by atoms with Crippen molar-refractivity contribution in [1.29, 1.82) is 0 Å². The van der Waals surface area contributed by atoms with Crippen molar-refractivity contribution in [3.05, 3.63) is 85.3 Å². The summed E-state index contributed by atoms with van der Waals surface area (Å²) in [6.45, 7) is 0. The van der Waals surface area contributed by atoms with E-state index in [1.54, 1.807) is 18.3 Å². The Morgan fingerprint density at radius 3 is 2.57 bits per heavy atom. The maximum absolute atomic E-state index is 12.8. The maximum Gasteiger partial charge on any atom is 0.416 e. The number of alkyl halides is 3. The average Bonchev–Trinajstić information content (AvgIpc) is 3.09. The van der Waals surface area contributed by atoms with Gasteiger partial charge in [0.2, 0.25) is 5.91 Å². The van der Waals surface area contributed by atoms with Gasteiger partial charge in [-0.3, -0.25) is 10.1 Å². The Bertz CT molecular complexity index is 1110. The summed E-state index contributed by atoms with van der Waals surface area (Å²) in [5, 5.41) is 4.08. The van der Waals surface area contributed by atoms with E-state index in [1.807, 2.05) is 6.07 Å². The maximum atomic E-state index is 12.8. The molecular weight excluding hydrogens is 480 g/mol. The Hall–Kier alpha value is -2.06. The lowest BCUT2D eigenvalue weighted by molar-refractivity contribution is -0.137. The van der Waals surface area contributed by atoms with E-state index in [1.165, 1.54) is 17.4 Å². The van der Waals surface area contributed by atoms with Crippen LogP contribution in [0.5, 0.6) is 0 Å². The number of nitrogens with one attached hydrogen (secondary N) is 1. The van der Waals surface area contributed by atoms with E-state index in [4.69, 9.17) is 34.8 Å². The highest BCUT2D eigenvalue weighted by atomic mass is 35.5. The number of hydrogen-bond donors (Lipinski definition) is 1. The van der Waals surface area contributed by atoms with Gasteiger partial charge in [-0.2, -0.15) is 13.2 Å². The summed E-state index contributed by atoms with van der Waals surface area (Å²) in [6, 6.07) is 8.08. The molecule has 0 saturated carbocycles. The lowest BCUT2D eigenvalue weighted by Crippen LogP contribution is -2.07. The summed E-state index contributed by atoms with van der Waals surface area (Å²) in [4.78, 5) is 17.1. The van der Waals surface area contributed by atoms with Crippen molar-refractivity contribution in [2.45, 2.75) is 12.6 Å². The average molecular weight is 492 g/mol. The fourth-order valence-electron chi connectivity index (χ4n) is 2.46. The fourth-order valence-corrected chi connectivity index (χ4v) is 3.95. The molecular formula is C20H12Cl3F3N2OS. The molecule has 1 heterocycles. The van der Waals surface area contributed by atoms with Crippen LogP contribution < -0.4 is 5.32 Å². The number of amides is 1. The van der Waals surface area contributed by atoms with Crippen LogP contribution in [0.15, 0.2) is 48.7 Å². The Morgan fingerprint density at radius 1 is 1.10 bits per heavy atom. The van der Waals surface area contributed by atoms with E-state index in [2.05, 4.69) is 10.3 Å². The quantitative estimate of drug-likeness (QED) is 0.379. The highest BCUT2D eigenvalue weighted by molar-refractivity contribution is 7.15. The van der Waals surface area contributed by atoms with Crippen LogP contribution >= 0.6 is 46.1 Å². The van der Waals surface area contributed by atoms with Crippen LogP contribution in [0.3, 0.4) is 0 Å². The molecule has 3 rings (SSSR count). The van der Waals surface area contributed by atoms with E-state index in [9.17, 15) is 18.0 Å². The molecule has 1 amide bonds. The van der Waals surface area contributed by atoms with Crippen molar-refractivity contribution >= 4 is 63.3 Å². The number of aromatic nitrogens is 1. The summed E-state index contributed by atoms with van der Waals surface area (Å²) in [6.07, 6.45) is -0.0645. The van der Waals surface area contributed by atoms with Crippen molar-refractivity contribution in [2.75, 3.05) is 5.32 Å².